The lowest BCUT2D eigenvalue weighted by Gasteiger charge is -2.43. The molecule has 15 heteroatoms. The number of likely N-dealkylation sites (tertiary alicyclic amines) is 1. The molecule has 2 aliphatic rings. The molecular weight excluding hydrogens is 741 g/mol. The maximum Gasteiger partial charge on any atom is 0.315 e. The molecule has 13 nitrogen and oxygen atoms in total. The summed E-state index contributed by atoms with van der Waals surface area (Å²) in [6.45, 7) is 21.0. The number of amides is 5. The highest BCUT2D eigenvalue weighted by Gasteiger charge is 2.51. The van der Waals surface area contributed by atoms with Crippen molar-refractivity contribution in [3.8, 4) is 0 Å². The Morgan fingerprint density at radius 1 is 1.07 bits per heavy atom. The highest BCUT2D eigenvalue weighted by molar-refractivity contribution is 7.80. The lowest BCUT2D eigenvalue weighted by molar-refractivity contribution is -0.146. The van der Waals surface area contributed by atoms with E-state index in [0.29, 0.717) is 37.4 Å². The molecule has 1 saturated heterocycles. The first-order valence-corrected chi connectivity index (χ1v) is 21.6. The Balaban J connectivity index is 1.88. The maximum absolute atomic E-state index is 15.0. The molecule has 1 aromatic heterocycles. The highest BCUT2D eigenvalue weighted by atomic mass is 32.2. The second-order valence-electron chi connectivity index (χ2n) is 17.4. The monoisotopic (exact) mass is 806 g/mol. The zero-order valence-corrected chi connectivity index (χ0v) is 36.1. The SMILES string of the molecule is C=CCNC(=O)C(=O)C(CCC)NC(=O)[C@@H]1[C@@H](C(C)(C)C)CCN1C(=O)C(NC(=O)N[C@H](CNCc1sccc1S(=O)OC)C(C)(C)C)C1(C)CCCCC1. The summed E-state index contributed by atoms with van der Waals surface area (Å²) in [4.78, 5) is 72.2. The molecule has 55 heavy (non-hydrogen) atoms. The van der Waals surface area contributed by atoms with E-state index in [1.165, 1.54) is 24.5 Å². The van der Waals surface area contributed by atoms with Crippen molar-refractivity contribution in [3.05, 3.63) is 29.0 Å². The lowest BCUT2D eigenvalue weighted by atomic mass is 9.70. The van der Waals surface area contributed by atoms with E-state index in [-0.39, 0.29) is 41.7 Å². The third kappa shape index (κ3) is 12.4. The highest BCUT2D eigenvalue weighted by Crippen LogP contribution is 2.43. The number of thiophene rings is 1. The van der Waals surface area contributed by atoms with Gasteiger partial charge in [-0.2, -0.15) is 0 Å². The average molecular weight is 807 g/mol. The minimum absolute atomic E-state index is 0.121. The van der Waals surface area contributed by atoms with Crippen LogP contribution in [0.3, 0.4) is 0 Å². The molecule has 0 spiro atoms. The van der Waals surface area contributed by atoms with E-state index >= 15 is 0 Å². The fourth-order valence-corrected chi connectivity index (χ4v) is 9.56. The number of urea groups is 1. The summed E-state index contributed by atoms with van der Waals surface area (Å²) in [5.74, 6) is -2.58. The fourth-order valence-electron chi connectivity index (χ4n) is 7.77. The Kier molecular flexibility index (Phi) is 17.1. The molecule has 1 aromatic rings. The topological polar surface area (TPSA) is 175 Å². The van der Waals surface area contributed by atoms with Crippen LogP contribution in [0.1, 0.15) is 112 Å². The van der Waals surface area contributed by atoms with Crippen molar-refractivity contribution in [1.82, 2.24) is 31.5 Å². The van der Waals surface area contributed by atoms with Crippen LogP contribution < -0.4 is 26.6 Å². The van der Waals surface area contributed by atoms with Crippen molar-refractivity contribution in [3.63, 3.8) is 0 Å². The van der Waals surface area contributed by atoms with Gasteiger partial charge < -0.3 is 31.5 Å². The molecule has 3 rings (SSSR count). The van der Waals surface area contributed by atoms with Crippen LogP contribution in [0.5, 0.6) is 0 Å². The molecule has 1 aliphatic carbocycles. The lowest BCUT2D eigenvalue weighted by Crippen LogP contribution is -2.63. The summed E-state index contributed by atoms with van der Waals surface area (Å²) in [6, 6.07) is -1.90. The predicted molar refractivity (Wildman–Crippen MR) is 217 cm³/mol. The molecule has 310 valence electrons. The van der Waals surface area contributed by atoms with Crippen LogP contribution in [0.2, 0.25) is 0 Å². The quantitative estimate of drug-likeness (QED) is 0.102. The number of Topliss-reactive ketones (excluding diaryl/α,β-unsaturated/α-hetero) is 1. The summed E-state index contributed by atoms with van der Waals surface area (Å²) in [5, 5.41) is 16.9. The molecule has 0 radical (unpaired) electrons. The summed E-state index contributed by atoms with van der Waals surface area (Å²) >= 11 is -0.0817. The van der Waals surface area contributed by atoms with E-state index in [0.717, 1.165) is 37.0 Å². The number of carbonyl (C=O) groups is 5. The molecule has 6 atom stereocenters. The number of rotatable bonds is 18. The van der Waals surface area contributed by atoms with Gasteiger partial charge in [0.05, 0.1) is 18.0 Å². The van der Waals surface area contributed by atoms with Gasteiger partial charge in [0.15, 0.2) is 11.1 Å². The van der Waals surface area contributed by atoms with Gasteiger partial charge in [0.25, 0.3) is 5.91 Å². The zero-order valence-electron chi connectivity index (χ0n) is 34.4. The van der Waals surface area contributed by atoms with Crippen LogP contribution in [0.4, 0.5) is 4.79 Å². The summed E-state index contributed by atoms with van der Waals surface area (Å²) in [6.07, 6.45) is 7.20. The van der Waals surface area contributed by atoms with Crippen molar-refractivity contribution in [1.29, 1.82) is 0 Å². The molecule has 0 aromatic carbocycles. The van der Waals surface area contributed by atoms with Crippen LogP contribution in [0.15, 0.2) is 29.0 Å². The zero-order chi connectivity index (χ0) is 41.1. The van der Waals surface area contributed by atoms with E-state index in [4.69, 9.17) is 4.18 Å². The molecular formula is C40H66N6O7S2. The second kappa shape index (κ2) is 20.3. The van der Waals surface area contributed by atoms with Gasteiger partial charge >= 0.3 is 6.03 Å². The van der Waals surface area contributed by atoms with Crippen molar-refractivity contribution in [2.45, 2.75) is 142 Å². The first-order chi connectivity index (χ1) is 25.8. The molecule has 5 amide bonds. The van der Waals surface area contributed by atoms with Gasteiger partial charge in [0, 0.05) is 37.1 Å². The van der Waals surface area contributed by atoms with E-state index in [2.05, 4.69) is 33.2 Å². The van der Waals surface area contributed by atoms with Gasteiger partial charge in [0.2, 0.25) is 17.6 Å². The van der Waals surface area contributed by atoms with Crippen molar-refractivity contribution in [2.24, 2.45) is 22.2 Å². The van der Waals surface area contributed by atoms with Crippen LogP contribution in [-0.2, 0) is 41.0 Å². The van der Waals surface area contributed by atoms with Crippen LogP contribution >= 0.6 is 11.3 Å². The van der Waals surface area contributed by atoms with Gasteiger partial charge in [-0.25, -0.2) is 9.00 Å². The number of carbonyl (C=O) groups excluding carboxylic acids is 5. The molecule has 2 heterocycles. The van der Waals surface area contributed by atoms with Gasteiger partial charge in [-0.1, -0.05) is 87.1 Å². The minimum atomic E-state index is -1.56. The van der Waals surface area contributed by atoms with Gasteiger partial charge in [-0.15, -0.1) is 17.9 Å². The Labute approximate surface area is 335 Å². The third-order valence-electron chi connectivity index (χ3n) is 11.1. The summed E-state index contributed by atoms with van der Waals surface area (Å²) in [7, 11) is 1.40. The molecule has 3 unspecified atom stereocenters. The molecule has 0 bridgehead atoms. The summed E-state index contributed by atoms with van der Waals surface area (Å²) < 4.78 is 17.3. The third-order valence-corrected chi connectivity index (χ3v) is 13.2. The largest absolute Gasteiger partial charge is 0.346 e. The Hall–Kier alpha value is -3.14. The van der Waals surface area contributed by atoms with Crippen molar-refractivity contribution >= 4 is 52.0 Å². The fraction of sp³-hybridized carbons (Fsp3) is 0.725. The van der Waals surface area contributed by atoms with E-state index in [1.807, 2.05) is 60.8 Å². The van der Waals surface area contributed by atoms with E-state index in [1.54, 1.807) is 11.0 Å². The number of nitrogens with one attached hydrogen (secondary N) is 5. The molecule has 1 aliphatic heterocycles. The second-order valence-corrected chi connectivity index (χ2v) is 19.6. The number of hydrogen-bond donors (Lipinski definition) is 5. The van der Waals surface area contributed by atoms with Gasteiger partial charge in [-0.3, -0.25) is 23.4 Å². The Morgan fingerprint density at radius 3 is 2.33 bits per heavy atom. The van der Waals surface area contributed by atoms with Crippen molar-refractivity contribution in [2.75, 3.05) is 26.7 Å². The van der Waals surface area contributed by atoms with Crippen LogP contribution in [0.25, 0.3) is 0 Å². The van der Waals surface area contributed by atoms with Gasteiger partial charge in [-0.05, 0) is 59.3 Å². The number of hydrogen-bond acceptors (Lipinski definition) is 9. The molecule has 5 N–H and O–H groups in total. The Morgan fingerprint density at radius 2 is 1.75 bits per heavy atom. The van der Waals surface area contributed by atoms with Gasteiger partial charge in [0.1, 0.15) is 12.1 Å². The first kappa shape index (κ1) is 46.2. The maximum atomic E-state index is 15.0. The van der Waals surface area contributed by atoms with Crippen LogP contribution in [-0.4, -0.2) is 89.6 Å². The van der Waals surface area contributed by atoms with Crippen molar-refractivity contribution < 1.29 is 32.4 Å². The standard InChI is InChI=1S/C40H66N6O7S2/c1-11-16-27(32(47)35(49)42-21-12-2)43-34(48)31-26(38(3,4)5)17-22-46(31)36(50)33(40(9)19-14-13-15-20-40)45-37(51)44-30(39(6,7)8)25-41-24-28-29(18-23-54-28)55(52)53-10/h12,18,23,26-27,30-31,33,41H,2,11,13-17,19-22,24-25H2,1,3-10H3,(H,42,49)(H,43,48)(H2,44,45,51)/t26-,27?,30+,31-,33?,55?/m0/s1. The minimum Gasteiger partial charge on any atom is -0.346 e. The van der Waals surface area contributed by atoms with Crippen LogP contribution in [0, 0.1) is 22.2 Å². The Bertz CT molecular complexity index is 1530. The summed E-state index contributed by atoms with van der Waals surface area (Å²) in [5.41, 5.74) is -1.29. The van der Waals surface area contributed by atoms with E-state index < -0.39 is 58.2 Å². The average Bonchev–Trinajstić information content (AvgIpc) is 3.79. The first-order valence-electron chi connectivity index (χ1n) is 19.6. The normalized spacial score (nSPS) is 20.8. The smallest absolute Gasteiger partial charge is 0.315 e. The molecule has 1 saturated carbocycles. The number of nitrogens with zero attached hydrogens (tertiary/aromatic N) is 1. The predicted octanol–water partition coefficient (Wildman–Crippen LogP) is 4.98. The van der Waals surface area contributed by atoms with E-state index in [9.17, 15) is 28.2 Å². The molecule has 2 fully saturated rings. The number of ketones is 1.